The van der Waals surface area contributed by atoms with E-state index in [-0.39, 0.29) is 5.54 Å². The van der Waals surface area contributed by atoms with Crippen molar-refractivity contribution in [1.29, 1.82) is 0 Å². The van der Waals surface area contributed by atoms with E-state index >= 15 is 0 Å². The first-order valence-electron chi connectivity index (χ1n) is 6.82. The average molecular weight is 240 g/mol. The number of hydrogen-bond donors (Lipinski definition) is 1. The lowest BCUT2D eigenvalue weighted by Crippen LogP contribution is -2.39. The first kappa shape index (κ1) is 14.5. The van der Waals surface area contributed by atoms with Crippen LogP contribution in [0.1, 0.15) is 47.5 Å². The van der Waals surface area contributed by atoms with Gasteiger partial charge in [-0.3, -0.25) is 4.79 Å². The molecule has 0 radical (unpaired) electrons. The lowest BCUT2D eigenvalue weighted by Gasteiger charge is -2.22. The largest absolute Gasteiger partial charge is 0.342 e. The Labute approximate surface area is 106 Å². The third-order valence-corrected chi connectivity index (χ3v) is 3.51. The standard InChI is InChI=1S/C14H28N2O/c1-11(2)12-7-9-16(10-12)13(17)6-8-15-14(3,4)5/h11-12,15H,6-10H2,1-5H3. The second-order valence-electron chi connectivity index (χ2n) is 6.56. The van der Waals surface area contributed by atoms with E-state index in [1.807, 2.05) is 4.90 Å². The second kappa shape index (κ2) is 5.85. The molecule has 17 heavy (non-hydrogen) atoms. The lowest BCUT2D eigenvalue weighted by molar-refractivity contribution is -0.130. The molecule has 1 heterocycles. The Bertz CT molecular complexity index is 255. The second-order valence-corrected chi connectivity index (χ2v) is 6.56. The fraction of sp³-hybridized carbons (Fsp3) is 0.929. The Kier molecular flexibility index (Phi) is 4.99. The Balaban J connectivity index is 2.26. The van der Waals surface area contributed by atoms with Crippen LogP contribution in [0.3, 0.4) is 0 Å². The number of nitrogens with one attached hydrogen (secondary N) is 1. The van der Waals surface area contributed by atoms with E-state index in [4.69, 9.17) is 0 Å². The van der Waals surface area contributed by atoms with Gasteiger partial charge >= 0.3 is 0 Å². The van der Waals surface area contributed by atoms with Crippen LogP contribution in [0.15, 0.2) is 0 Å². The van der Waals surface area contributed by atoms with Crippen LogP contribution in [0.25, 0.3) is 0 Å². The smallest absolute Gasteiger partial charge is 0.223 e. The van der Waals surface area contributed by atoms with Crippen molar-refractivity contribution in [3.63, 3.8) is 0 Å². The minimum absolute atomic E-state index is 0.103. The summed E-state index contributed by atoms with van der Waals surface area (Å²) < 4.78 is 0. The van der Waals surface area contributed by atoms with E-state index in [1.165, 1.54) is 6.42 Å². The van der Waals surface area contributed by atoms with Crippen LogP contribution in [0.4, 0.5) is 0 Å². The van der Waals surface area contributed by atoms with E-state index in [2.05, 4.69) is 39.9 Å². The Morgan fingerprint density at radius 2 is 2.06 bits per heavy atom. The van der Waals surface area contributed by atoms with Crippen LogP contribution in [0.5, 0.6) is 0 Å². The maximum Gasteiger partial charge on any atom is 0.223 e. The molecule has 1 aliphatic rings. The molecule has 1 saturated heterocycles. The number of carbonyl (C=O) groups excluding carboxylic acids is 1. The molecule has 3 heteroatoms. The van der Waals surface area contributed by atoms with Crippen LogP contribution in [0, 0.1) is 11.8 Å². The van der Waals surface area contributed by atoms with Gasteiger partial charge in [0.15, 0.2) is 0 Å². The number of nitrogens with zero attached hydrogens (tertiary/aromatic N) is 1. The molecule has 100 valence electrons. The SMILES string of the molecule is CC(C)C1CCN(C(=O)CCNC(C)(C)C)C1. The number of hydrogen-bond acceptors (Lipinski definition) is 2. The van der Waals surface area contributed by atoms with Gasteiger partial charge in [-0.1, -0.05) is 13.8 Å². The van der Waals surface area contributed by atoms with Gasteiger partial charge < -0.3 is 10.2 Å². The molecule has 0 aromatic heterocycles. The molecule has 0 aromatic rings. The fourth-order valence-electron chi connectivity index (χ4n) is 2.26. The molecule has 1 rings (SSSR count). The van der Waals surface area contributed by atoms with Crippen molar-refractivity contribution in [2.45, 2.75) is 53.0 Å². The molecule has 1 unspecified atom stereocenters. The summed E-state index contributed by atoms with van der Waals surface area (Å²) in [6.45, 7) is 13.6. The van der Waals surface area contributed by atoms with E-state index in [0.717, 1.165) is 19.6 Å². The molecule has 1 aliphatic heterocycles. The maximum atomic E-state index is 12.0. The number of rotatable bonds is 4. The summed E-state index contributed by atoms with van der Waals surface area (Å²) in [5.74, 6) is 1.71. The van der Waals surface area contributed by atoms with Gasteiger partial charge in [0.2, 0.25) is 5.91 Å². The van der Waals surface area contributed by atoms with Gasteiger partial charge in [-0.25, -0.2) is 0 Å². The molecule has 0 saturated carbocycles. The van der Waals surface area contributed by atoms with E-state index in [9.17, 15) is 4.79 Å². The highest BCUT2D eigenvalue weighted by Crippen LogP contribution is 2.23. The van der Waals surface area contributed by atoms with Gasteiger partial charge in [-0.05, 0) is 39.0 Å². The van der Waals surface area contributed by atoms with E-state index in [0.29, 0.717) is 24.2 Å². The first-order valence-corrected chi connectivity index (χ1v) is 6.82. The summed E-state index contributed by atoms with van der Waals surface area (Å²) in [5, 5.41) is 3.36. The highest BCUT2D eigenvalue weighted by molar-refractivity contribution is 5.76. The van der Waals surface area contributed by atoms with Crippen molar-refractivity contribution in [1.82, 2.24) is 10.2 Å². The van der Waals surface area contributed by atoms with Crippen molar-refractivity contribution >= 4 is 5.91 Å². The van der Waals surface area contributed by atoms with Crippen LogP contribution < -0.4 is 5.32 Å². The topological polar surface area (TPSA) is 32.3 Å². The average Bonchev–Trinajstić information content (AvgIpc) is 2.63. The zero-order chi connectivity index (χ0) is 13.1. The summed E-state index contributed by atoms with van der Waals surface area (Å²) in [6, 6.07) is 0. The molecule has 1 N–H and O–H groups in total. The molecule has 1 atom stereocenters. The van der Waals surface area contributed by atoms with E-state index < -0.39 is 0 Å². The molecular formula is C14H28N2O. The van der Waals surface area contributed by atoms with Crippen LogP contribution >= 0.6 is 0 Å². The van der Waals surface area contributed by atoms with Crippen LogP contribution in [-0.2, 0) is 4.79 Å². The molecule has 1 amide bonds. The monoisotopic (exact) mass is 240 g/mol. The zero-order valence-corrected chi connectivity index (χ0v) is 12.0. The maximum absolute atomic E-state index is 12.0. The van der Waals surface area contributed by atoms with Gasteiger partial charge in [-0.2, -0.15) is 0 Å². The van der Waals surface area contributed by atoms with Gasteiger partial charge in [0.05, 0.1) is 0 Å². The molecule has 0 spiro atoms. The molecule has 0 aliphatic carbocycles. The van der Waals surface area contributed by atoms with Gasteiger partial charge in [0, 0.05) is 31.6 Å². The minimum atomic E-state index is 0.103. The Morgan fingerprint density at radius 1 is 1.41 bits per heavy atom. The minimum Gasteiger partial charge on any atom is -0.342 e. The van der Waals surface area contributed by atoms with Gasteiger partial charge in [0.1, 0.15) is 0 Å². The number of carbonyl (C=O) groups is 1. The van der Waals surface area contributed by atoms with Crippen molar-refractivity contribution in [2.24, 2.45) is 11.8 Å². The van der Waals surface area contributed by atoms with Crippen molar-refractivity contribution in [2.75, 3.05) is 19.6 Å². The van der Waals surface area contributed by atoms with Gasteiger partial charge in [0.25, 0.3) is 0 Å². The predicted molar refractivity (Wildman–Crippen MR) is 71.9 cm³/mol. The van der Waals surface area contributed by atoms with Crippen molar-refractivity contribution in [3.05, 3.63) is 0 Å². The summed E-state index contributed by atoms with van der Waals surface area (Å²) >= 11 is 0. The molecule has 1 fully saturated rings. The molecular weight excluding hydrogens is 212 g/mol. The summed E-state index contributed by atoms with van der Waals surface area (Å²) in [6.07, 6.45) is 1.80. The van der Waals surface area contributed by atoms with Crippen LogP contribution in [-0.4, -0.2) is 36.0 Å². The van der Waals surface area contributed by atoms with E-state index in [1.54, 1.807) is 0 Å². The number of likely N-dealkylation sites (tertiary alicyclic amines) is 1. The summed E-state index contributed by atoms with van der Waals surface area (Å²) in [7, 11) is 0. The van der Waals surface area contributed by atoms with Crippen LogP contribution in [0.2, 0.25) is 0 Å². The molecule has 0 bridgehead atoms. The quantitative estimate of drug-likeness (QED) is 0.817. The zero-order valence-electron chi connectivity index (χ0n) is 12.0. The molecule has 3 nitrogen and oxygen atoms in total. The highest BCUT2D eigenvalue weighted by Gasteiger charge is 2.27. The van der Waals surface area contributed by atoms with Crippen molar-refractivity contribution < 1.29 is 4.79 Å². The predicted octanol–water partition coefficient (Wildman–Crippen LogP) is 2.27. The Morgan fingerprint density at radius 3 is 2.53 bits per heavy atom. The normalized spacial score (nSPS) is 21.3. The summed E-state index contributed by atoms with van der Waals surface area (Å²) in [4.78, 5) is 14.0. The Hall–Kier alpha value is -0.570. The lowest BCUT2D eigenvalue weighted by atomic mass is 9.95. The first-order chi connectivity index (χ1) is 7.79. The summed E-state index contributed by atoms with van der Waals surface area (Å²) in [5.41, 5.74) is 0.103. The number of amides is 1. The third kappa shape index (κ3) is 5.07. The molecule has 0 aromatic carbocycles. The third-order valence-electron chi connectivity index (χ3n) is 3.51. The van der Waals surface area contributed by atoms with Crippen molar-refractivity contribution in [3.8, 4) is 0 Å². The van der Waals surface area contributed by atoms with Gasteiger partial charge in [-0.15, -0.1) is 0 Å². The fourth-order valence-corrected chi connectivity index (χ4v) is 2.26. The highest BCUT2D eigenvalue weighted by atomic mass is 16.2.